The highest BCUT2D eigenvalue weighted by atomic mass is 16.6. The number of hydrogen-bond acceptors (Lipinski definition) is 5. The van der Waals surface area contributed by atoms with Crippen molar-refractivity contribution in [3.63, 3.8) is 0 Å². The number of rotatable bonds is 2. The van der Waals surface area contributed by atoms with E-state index in [0.29, 0.717) is 35.7 Å². The van der Waals surface area contributed by atoms with Crippen LogP contribution in [-0.4, -0.2) is 59.7 Å². The minimum Gasteiger partial charge on any atom is -0.446 e. The van der Waals surface area contributed by atoms with Gasteiger partial charge in [-0.25, -0.2) is 19.6 Å². The van der Waals surface area contributed by atoms with Crippen molar-refractivity contribution in [2.45, 2.75) is 116 Å². The van der Waals surface area contributed by atoms with E-state index in [-0.39, 0.29) is 42.4 Å². The molecule has 0 aromatic rings. The summed E-state index contributed by atoms with van der Waals surface area (Å²) in [5.41, 5.74) is 0.588. The molecular formula is C32H48N2O5. The van der Waals surface area contributed by atoms with Gasteiger partial charge in [-0.2, -0.15) is 0 Å². The van der Waals surface area contributed by atoms with E-state index in [1.165, 1.54) is 43.5 Å². The molecule has 0 aromatic heterocycles. The number of nitrogens with zero attached hydrogens (tertiary/aromatic N) is 2. The summed E-state index contributed by atoms with van der Waals surface area (Å²) in [5, 5.41) is 3.06. The van der Waals surface area contributed by atoms with E-state index >= 15 is 0 Å². The predicted octanol–water partition coefficient (Wildman–Crippen LogP) is 6.57. The van der Waals surface area contributed by atoms with Gasteiger partial charge in [-0.3, -0.25) is 0 Å². The predicted molar refractivity (Wildman–Crippen MR) is 146 cm³/mol. The molecule has 4 saturated carbocycles. The maximum Gasteiger partial charge on any atom is 0.429 e. The first-order valence-corrected chi connectivity index (χ1v) is 16.0. The second kappa shape index (κ2) is 9.39. The summed E-state index contributed by atoms with van der Waals surface area (Å²) in [6, 6.07) is -0.282. The van der Waals surface area contributed by atoms with Crippen LogP contribution in [0.2, 0.25) is 0 Å². The Balaban J connectivity index is 1.25. The fourth-order valence-corrected chi connectivity index (χ4v) is 11.1. The van der Waals surface area contributed by atoms with E-state index in [1.54, 1.807) is 5.01 Å². The largest absolute Gasteiger partial charge is 0.446 e. The zero-order valence-electron chi connectivity index (χ0n) is 24.3. The van der Waals surface area contributed by atoms with Gasteiger partial charge in [-0.15, -0.1) is 0 Å². The Labute approximate surface area is 233 Å². The lowest BCUT2D eigenvalue weighted by atomic mass is 9.43. The first-order chi connectivity index (χ1) is 18.7. The Kier molecular flexibility index (Phi) is 6.30. The van der Waals surface area contributed by atoms with Crippen LogP contribution in [0.4, 0.5) is 9.59 Å². The Morgan fingerprint density at radius 1 is 0.897 bits per heavy atom. The Hall–Kier alpha value is -1.76. The topological polar surface area (TPSA) is 68.3 Å². The molecule has 5 bridgehead atoms. The zero-order valence-corrected chi connectivity index (χ0v) is 24.3. The van der Waals surface area contributed by atoms with Crippen molar-refractivity contribution in [1.82, 2.24) is 10.0 Å². The van der Waals surface area contributed by atoms with E-state index in [0.717, 1.165) is 37.5 Å². The molecule has 0 N–H and O–H groups in total. The fraction of sp³-hybridized carbons (Fsp3) is 0.875. The van der Waals surface area contributed by atoms with Crippen LogP contribution in [0.15, 0.2) is 12.2 Å². The van der Waals surface area contributed by atoms with Gasteiger partial charge in [-0.1, -0.05) is 46.3 Å². The van der Waals surface area contributed by atoms with E-state index in [4.69, 9.17) is 14.2 Å². The molecule has 0 unspecified atom stereocenters. The van der Waals surface area contributed by atoms with Gasteiger partial charge in [0.05, 0.1) is 24.8 Å². The minimum absolute atomic E-state index is 0.108. The van der Waals surface area contributed by atoms with E-state index in [9.17, 15) is 9.59 Å². The number of cyclic esters (lactones) is 1. The van der Waals surface area contributed by atoms with Crippen LogP contribution in [0.3, 0.4) is 0 Å². The molecule has 5 aliphatic carbocycles. The molecule has 7 rings (SSSR count). The molecule has 2 aliphatic heterocycles. The Morgan fingerprint density at radius 3 is 2.38 bits per heavy atom. The molecule has 216 valence electrons. The van der Waals surface area contributed by atoms with Gasteiger partial charge in [-0.05, 0) is 98.2 Å². The lowest BCUT2D eigenvalue weighted by molar-refractivity contribution is -0.184. The van der Waals surface area contributed by atoms with Crippen molar-refractivity contribution in [2.24, 2.45) is 46.3 Å². The normalized spacial score (nSPS) is 49.6. The third kappa shape index (κ3) is 3.84. The van der Waals surface area contributed by atoms with Crippen LogP contribution in [0.1, 0.15) is 91.9 Å². The average molecular weight is 541 g/mol. The molecule has 0 radical (unpaired) electrons. The van der Waals surface area contributed by atoms with Crippen molar-refractivity contribution >= 4 is 12.2 Å². The van der Waals surface area contributed by atoms with Crippen molar-refractivity contribution in [3.8, 4) is 0 Å². The van der Waals surface area contributed by atoms with Crippen LogP contribution in [0.5, 0.6) is 0 Å². The van der Waals surface area contributed by atoms with Crippen LogP contribution in [0.25, 0.3) is 0 Å². The van der Waals surface area contributed by atoms with Crippen LogP contribution in [0, 0.1) is 46.3 Å². The molecule has 39 heavy (non-hydrogen) atoms. The number of hydrogen-bond donors (Lipinski definition) is 0. The lowest BCUT2D eigenvalue weighted by Gasteiger charge is -2.63. The maximum absolute atomic E-state index is 14.0. The summed E-state index contributed by atoms with van der Waals surface area (Å²) in [7, 11) is 0. The SMILES string of the molecule is CC[C@@H](C)[C@H]1CC[C@H]2[C@@H]3[C@H]4C[C@@H]5C[C@@H](CC[C@]5(C)[C@H]3CC[C@]12C)OCCOC(=O)N1[C@@H]2C=C[C@@H](C2)N1C(=O)O4. The second-order valence-electron chi connectivity index (χ2n) is 14.6. The standard InChI is InChI=1S/C32H48N2O5/c1-5-19(2)24-8-9-25-28-26(11-13-32(24,25)4)31(3)12-10-23-16-20(31)17-27(28)39-30(36)34-22-7-6-21(18-22)33(34)29(35)38-15-14-37-23/h6-7,19-28H,5,8-18H2,1-4H3/t19-,20+,21-,22+,23-,24-,25+,26+,27-,28+,31+,32-/m1/s1. The highest BCUT2D eigenvalue weighted by Gasteiger charge is 2.64. The van der Waals surface area contributed by atoms with Crippen LogP contribution in [-0.2, 0) is 14.2 Å². The number of fused-ring (bicyclic) bond motifs is 12. The van der Waals surface area contributed by atoms with E-state index < -0.39 is 6.09 Å². The third-order valence-electron chi connectivity index (χ3n) is 13.2. The highest BCUT2D eigenvalue weighted by Crippen LogP contribution is 2.69. The molecule has 0 spiro atoms. The molecule has 0 aromatic carbocycles. The van der Waals surface area contributed by atoms with Gasteiger partial charge < -0.3 is 14.2 Å². The van der Waals surface area contributed by atoms with Crippen molar-refractivity contribution in [3.05, 3.63) is 12.2 Å². The smallest absolute Gasteiger partial charge is 0.429 e. The molecule has 6 fully saturated rings. The first kappa shape index (κ1) is 26.2. The third-order valence-corrected chi connectivity index (χ3v) is 13.2. The quantitative estimate of drug-likeness (QED) is 0.371. The summed E-state index contributed by atoms with van der Waals surface area (Å²) in [5.74, 6) is 3.53. The van der Waals surface area contributed by atoms with Gasteiger partial charge in [0.15, 0.2) is 0 Å². The van der Waals surface area contributed by atoms with Crippen molar-refractivity contribution < 1.29 is 23.8 Å². The van der Waals surface area contributed by atoms with Crippen LogP contribution < -0.4 is 0 Å². The number of hydrazine groups is 1. The molecule has 2 amide bonds. The average Bonchev–Trinajstić information content (AvgIpc) is 3.63. The zero-order chi connectivity index (χ0) is 27.1. The molecule has 2 heterocycles. The summed E-state index contributed by atoms with van der Waals surface area (Å²) in [4.78, 5) is 27.1. The minimum atomic E-state index is -0.475. The summed E-state index contributed by atoms with van der Waals surface area (Å²) < 4.78 is 18.5. The second-order valence-corrected chi connectivity index (χ2v) is 14.6. The number of carbonyl (C=O) groups is 2. The molecular weight excluding hydrogens is 492 g/mol. The van der Waals surface area contributed by atoms with Gasteiger partial charge in [0.25, 0.3) is 0 Å². The van der Waals surface area contributed by atoms with Crippen molar-refractivity contribution in [2.75, 3.05) is 13.2 Å². The maximum atomic E-state index is 14.0. The number of ether oxygens (including phenoxy) is 3. The van der Waals surface area contributed by atoms with Gasteiger partial charge >= 0.3 is 12.2 Å². The van der Waals surface area contributed by atoms with E-state index in [2.05, 4.69) is 27.7 Å². The summed E-state index contributed by atoms with van der Waals surface area (Å²) in [6.45, 7) is 10.6. The van der Waals surface area contributed by atoms with Gasteiger partial charge in [0, 0.05) is 5.92 Å². The summed E-state index contributed by atoms with van der Waals surface area (Å²) in [6.07, 6.45) is 14.5. The molecule has 2 saturated heterocycles. The Bertz CT molecular complexity index is 1030. The number of amides is 2. The van der Waals surface area contributed by atoms with Gasteiger partial charge in [0.2, 0.25) is 0 Å². The van der Waals surface area contributed by atoms with E-state index in [1.807, 2.05) is 12.2 Å². The van der Waals surface area contributed by atoms with Crippen LogP contribution >= 0.6 is 0 Å². The van der Waals surface area contributed by atoms with Gasteiger partial charge in [0.1, 0.15) is 12.7 Å². The lowest BCUT2D eigenvalue weighted by Crippen LogP contribution is -2.60. The molecule has 12 atom stereocenters. The number of carbonyl (C=O) groups excluding carboxylic acids is 2. The molecule has 7 heteroatoms. The Morgan fingerprint density at radius 2 is 1.62 bits per heavy atom. The molecule has 7 aliphatic rings. The first-order valence-electron chi connectivity index (χ1n) is 16.0. The van der Waals surface area contributed by atoms with Crippen molar-refractivity contribution in [1.29, 1.82) is 0 Å². The summed E-state index contributed by atoms with van der Waals surface area (Å²) >= 11 is 0. The monoisotopic (exact) mass is 540 g/mol. The molecule has 7 nitrogen and oxygen atoms in total. The fourth-order valence-electron chi connectivity index (χ4n) is 11.1. The highest BCUT2D eigenvalue weighted by molar-refractivity contribution is 5.77.